The Morgan fingerprint density at radius 1 is 1.33 bits per heavy atom. The molecule has 1 aromatic rings. The summed E-state index contributed by atoms with van der Waals surface area (Å²) in [7, 11) is 0. The fraction of sp³-hybridized carbons (Fsp3) is 0.438. The highest BCUT2D eigenvalue weighted by atomic mass is 16.5. The summed E-state index contributed by atoms with van der Waals surface area (Å²) in [6, 6.07) is 9.08. The van der Waals surface area contributed by atoms with E-state index < -0.39 is 0 Å². The molecule has 2 rings (SSSR count). The first-order valence-corrected chi connectivity index (χ1v) is 6.92. The van der Waals surface area contributed by atoms with Gasteiger partial charge in [-0.15, -0.1) is 0 Å². The molecule has 5 heteroatoms. The number of carbonyl (C=O) groups excluding carboxylic acids is 2. The van der Waals surface area contributed by atoms with Gasteiger partial charge in [0.05, 0.1) is 18.2 Å². The van der Waals surface area contributed by atoms with E-state index in [9.17, 15) is 9.59 Å². The summed E-state index contributed by atoms with van der Waals surface area (Å²) in [5.41, 5.74) is 1.30. The topological polar surface area (TPSA) is 79.2 Å². The Morgan fingerprint density at radius 3 is 2.52 bits per heavy atom. The highest BCUT2D eigenvalue weighted by molar-refractivity contribution is 5.89. The molecular formula is C16H18N2O3. The molecule has 0 spiro atoms. The van der Waals surface area contributed by atoms with Crippen LogP contribution in [0.3, 0.4) is 0 Å². The van der Waals surface area contributed by atoms with Gasteiger partial charge >= 0.3 is 5.97 Å². The lowest BCUT2D eigenvalue weighted by Crippen LogP contribution is -2.19. The van der Waals surface area contributed by atoms with E-state index in [4.69, 9.17) is 10.00 Å². The maximum absolute atomic E-state index is 11.9. The minimum Gasteiger partial charge on any atom is -0.461 e. The van der Waals surface area contributed by atoms with Crippen molar-refractivity contribution in [3.05, 3.63) is 35.4 Å². The minimum atomic E-state index is -0.370. The van der Waals surface area contributed by atoms with Crippen LogP contribution in [0.4, 0.5) is 0 Å². The maximum Gasteiger partial charge on any atom is 0.338 e. The number of ether oxygens (including phenoxy) is 1. The van der Waals surface area contributed by atoms with Gasteiger partial charge in [-0.1, -0.05) is 12.1 Å². The van der Waals surface area contributed by atoms with E-state index in [0.717, 1.165) is 18.4 Å². The van der Waals surface area contributed by atoms with Crippen LogP contribution in [0.1, 0.15) is 42.1 Å². The van der Waals surface area contributed by atoms with Crippen molar-refractivity contribution >= 4 is 11.9 Å². The second-order valence-corrected chi connectivity index (χ2v) is 5.52. The summed E-state index contributed by atoms with van der Waals surface area (Å²) >= 11 is 0. The van der Waals surface area contributed by atoms with Gasteiger partial charge in [0.1, 0.15) is 0 Å². The zero-order chi connectivity index (χ0) is 15.3. The number of hydrogen-bond acceptors (Lipinski definition) is 4. The molecule has 21 heavy (non-hydrogen) atoms. The number of amides is 1. The van der Waals surface area contributed by atoms with E-state index in [2.05, 4.69) is 11.4 Å². The number of hydrogen-bond donors (Lipinski definition) is 1. The Kier molecular flexibility index (Phi) is 4.59. The number of rotatable bonds is 6. The Balaban J connectivity index is 1.85. The van der Waals surface area contributed by atoms with Gasteiger partial charge in [0.2, 0.25) is 5.91 Å². The van der Waals surface area contributed by atoms with Crippen LogP contribution in [0.25, 0.3) is 0 Å². The van der Waals surface area contributed by atoms with Crippen LogP contribution >= 0.6 is 0 Å². The molecule has 1 aromatic carbocycles. The van der Waals surface area contributed by atoms with Crippen molar-refractivity contribution in [1.82, 2.24) is 5.32 Å². The van der Waals surface area contributed by atoms with Crippen LogP contribution in [0.5, 0.6) is 0 Å². The van der Waals surface area contributed by atoms with Gasteiger partial charge < -0.3 is 10.1 Å². The van der Waals surface area contributed by atoms with Crippen LogP contribution in [-0.4, -0.2) is 18.5 Å². The van der Waals surface area contributed by atoms with Gasteiger partial charge in [-0.25, -0.2) is 4.79 Å². The lowest BCUT2D eigenvalue weighted by Gasteiger charge is -2.11. The van der Waals surface area contributed by atoms with Crippen molar-refractivity contribution in [2.75, 3.05) is 6.61 Å². The van der Waals surface area contributed by atoms with Gasteiger partial charge in [-0.3, -0.25) is 4.79 Å². The van der Waals surface area contributed by atoms with Crippen LogP contribution in [0.2, 0.25) is 0 Å². The zero-order valence-corrected chi connectivity index (χ0v) is 12.0. The standard InChI is InChI=1S/C16H18N2O3/c1-12(19)18-10-13-2-4-14(5-3-13)15(20)21-11-16(6-7-16)8-9-17/h2-5H,6-8,10-11H2,1H3,(H,18,19). The third-order valence-corrected chi connectivity index (χ3v) is 3.65. The molecule has 0 bridgehead atoms. The summed E-state index contributed by atoms with van der Waals surface area (Å²) in [5.74, 6) is -0.462. The fourth-order valence-corrected chi connectivity index (χ4v) is 2.00. The van der Waals surface area contributed by atoms with Gasteiger partial charge in [0, 0.05) is 25.3 Å². The quantitative estimate of drug-likeness (QED) is 0.813. The Bertz CT molecular complexity index is 568. The smallest absolute Gasteiger partial charge is 0.338 e. The molecule has 5 nitrogen and oxygen atoms in total. The van der Waals surface area contributed by atoms with E-state index in [1.165, 1.54) is 6.92 Å². The van der Waals surface area contributed by atoms with E-state index >= 15 is 0 Å². The molecule has 0 radical (unpaired) electrons. The molecule has 1 aliphatic rings. The molecule has 0 unspecified atom stereocenters. The fourth-order valence-electron chi connectivity index (χ4n) is 2.00. The molecule has 0 heterocycles. The summed E-state index contributed by atoms with van der Waals surface area (Å²) in [6.07, 6.45) is 2.34. The van der Waals surface area contributed by atoms with Crippen molar-refractivity contribution in [1.29, 1.82) is 5.26 Å². The first-order chi connectivity index (χ1) is 10.0. The molecule has 1 aliphatic carbocycles. The van der Waals surface area contributed by atoms with E-state index in [0.29, 0.717) is 25.1 Å². The first-order valence-electron chi connectivity index (χ1n) is 6.92. The van der Waals surface area contributed by atoms with Crippen molar-refractivity contribution < 1.29 is 14.3 Å². The second kappa shape index (κ2) is 6.40. The molecule has 0 aliphatic heterocycles. The average Bonchev–Trinajstić information content (AvgIpc) is 3.24. The predicted octanol–water partition coefficient (Wildman–Crippen LogP) is 2.17. The molecular weight excluding hydrogens is 268 g/mol. The normalized spacial score (nSPS) is 14.9. The first kappa shape index (κ1) is 15.0. The summed E-state index contributed by atoms with van der Waals surface area (Å²) < 4.78 is 5.29. The molecule has 1 fully saturated rings. The molecule has 1 amide bonds. The van der Waals surface area contributed by atoms with Crippen molar-refractivity contribution in [3.63, 3.8) is 0 Å². The summed E-state index contributed by atoms with van der Waals surface area (Å²) in [5, 5.41) is 11.4. The van der Waals surface area contributed by atoms with E-state index in [-0.39, 0.29) is 17.3 Å². The number of esters is 1. The Hall–Kier alpha value is -2.35. The molecule has 1 saturated carbocycles. The van der Waals surface area contributed by atoms with Crippen molar-refractivity contribution in [2.24, 2.45) is 5.41 Å². The van der Waals surface area contributed by atoms with Gasteiger partial charge in [-0.05, 0) is 30.5 Å². The molecule has 0 atom stereocenters. The SMILES string of the molecule is CC(=O)NCc1ccc(C(=O)OCC2(CC#N)CC2)cc1. The van der Waals surface area contributed by atoms with Crippen LogP contribution in [0.15, 0.2) is 24.3 Å². The van der Waals surface area contributed by atoms with Gasteiger partial charge in [0.15, 0.2) is 0 Å². The molecule has 110 valence electrons. The highest BCUT2D eigenvalue weighted by Gasteiger charge is 2.43. The Labute approximate surface area is 123 Å². The number of nitrogens with zero attached hydrogens (tertiary/aromatic N) is 1. The second-order valence-electron chi connectivity index (χ2n) is 5.52. The third-order valence-electron chi connectivity index (χ3n) is 3.65. The third kappa shape index (κ3) is 4.32. The number of benzene rings is 1. The zero-order valence-electron chi connectivity index (χ0n) is 12.0. The molecule has 1 N–H and O–H groups in total. The molecule has 0 saturated heterocycles. The van der Waals surface area contributed by atoms with E-state index in [1.807, 2.05) is 0 Å². The van der Waals surface area contributed by atoms with E-state index in [1.54, 1.807) is 24.3 Å². The van der Waals surface area contributed by atoms with Gasteiger partial charge in [0.25, 0.3) is 0 Å². The van der Waals surface area contributed by atoms with Crippen molar-refractivity contribution in [3.8, 4) is 6.07 Å². The van der Waals surface area contributed by atoms with Crippen LogP contribution in [-0.2, 0) is 16.1 Å². The van der Waals surface area contributed by atoms with Crippen molar-refractivity contribution in [2.45, 2.75) is 32.7 Å². The number of nitrogens with one attached hydrogen (secondary N) is 1. The van der Waals surface area contributed by atoms with Gasteiger partial charge in [-0.2, -0.15) is 5.26 Å². The average molecular weight is 286 g/mol. The highest BCUT2D eigenvalue weighted by Crippen LogP contribution is 2.48. The monoisotopic (exact) mass is 286 g/mol. The summed E-state index contributed by atoms with van der Waals surface area (Å²) in [4.78, 5) is 22.7. The van der Waals surface area contributed by atoms with Crippen LogP contribution < -0.4 is 5.32 Å². The number of carbonyl (C=O) groups is 2. The summed E-state index contributed by atoms with van der Waals surface area (Å²) in [6.45, 7) is 2.21. The largest absolute Gasteiger partial charge is 0.461 e. The number of nitriles is 1. The molecule has 0 aromatic heterocycles. The lowest BCUT2D eigenvalue weighted by molar-refractivity contribution is -0.119. The lowest BCUT2D eigenvalue weighted by atomic mass is 10.1. The minimum absolute atomic E-state index is 0.0919. The maximum atomic E-state index is 11.9. The Morgan fingerprint density at radius 2 is 2.00 bits per heavy atom. The predicted molar refractivity (Wildman–Crippen MR) is 76.1 cm³/mol. The van der Waals surface area contributed by atoms with Crippen LogP contribution in [0, 0.1) is 16.7 Å².